The van der Waals surface area contributed by atoms with Gasteiger partial charge in [-0.25, -0.2) is 4.98 Å². The van der Waals surface area contributed by atoms with Gasteiger partial charge in [0.2, 0.25) is 0 Å². The van der Waals surface area contributed by atoms with Crippen LogP contribution < -0.4 is 5.73 Å². The van der Waals surface area contributed by atoms with Gasteiger partial charge in [0.05, 0.1) is 10.6 Å². The monoisotopic (exact) mass is 182 g/mol. The number of fused-ring (bicyclic) bond motifs is 1. The van der Waals surface area contributed by atoms with Crippen molar-refractivity contribution in [1.29, 1.82) is 0 Å². The predicted octanol–water partition coefficient (Wildman–Crippen LogP) is 2.71. The van der Waals surface area contributed by atoms with Crippen LogP contribution in [0.1, 0.15) is 31.3 Å². The van der Waals surface area contributed by atoms with Crippen molar-refractivity contribution in [3.8, 4) is 0 Å². The van der Waals surface area contributed by atoms with E-state index in [0.717, 1.165) is 12.8 Å². The minimum Gasteiger partial charge on any atom is -0.375 e. The molecule has 0 aliphatic heterocycles. The van der Waals surface area contributed by atoms with Crippen LogP contribution in [-0.2, 0) is 6.42 Å². The quantitative estimate of drug-likeness (QED) is 0.670. The molecule has 0 radical (unpaired) electrons. The van der Waals surface area contributed by atoms with E-state index in [1.54, 1.807) is 11.3 Å². The lowest BCUT2D eigenvalue weighted by Crippen LogP contribution is -1.95. The molecule has 0 fully saturated rings. The molecular weight excluding hydrogens is 168 g/mol. The Kier molecular flexibility index (Phi) is 2.52. The zero-order chi connectivity index (χ0) is 7.84. The number of nitrogens with two attached hydrogens (primary N) is 1. The number of nitrogens with zero attached hydrogens (tertiary/aromatic N) is 1. The highest BCUT2D eigenvalue weighted by Crippen LogP contribution is 2.29. The number of anilines is 1. The zero-order valence-corrected chi connectivity index (χ0v) is 7.24. The molecule has 1 aromatic rings. The fourth-order valence-corrected chi connectivity index (χ4v) is 2.19. The standard InChI is InChI=1S/C8H10N2S.CH4/c1-5-2-3-6-7(4-5)11-8(9)10-6;/h4H,2-3H2,1H3,(H2,9,10);1H4. The van der Waals surface area contributed by atoms with Crippen LogP contribution in [0, 0.1) is 0 Å². The third-order valence-corrected chi connectivity index (χ3v) is 2.75. The van der Waals surface area contributed by atoms with Crippen molar-refractivity contribution in [3.05, 3.63) is 16.1 Å². The Hall–Kier alpha value is -0.830. The van der Waals surface area contributed by atoms with Gasteiger partial charge in [0, 0.05) is 0 Å². The second-order valence-electron chi connectivity index (χ2n) is 2.85. The largest absolute Gasteiger partial charge is 0.375 e. The highest BCUT2D eigenvalue weighted by Gasteiger charge is 2.11. The molecule has 66 valence electrons. The summed E-state index contributed by atoms with van der Waals surface area (Å²) in [6, 6.07) is 0. The first-order valence-electron chi connectivity index (χ1n) is 3.68. The average Bonchev–Trinajstić information content (AvgIpc) is 2.27. The molecule has 0 bridgehead atoms. The van der Waals surface area contributed by atoms with Gasteiger partial charge in [-0.1, -0.05) is 24.3 Å². The molecule has 0 atom stereocenters. The molecule has 3 heteroatoms. The maximum atomic E-state index is 5.58. The molecule has 2 rings (SSSR count). The fourth-order valence-electron chi connectivity index (χ4n) is 1.29. The first-order valence-corrected chi connectivity index (χ1v) is 4.50. The van der Waals surface area contributed by atoms with E-state index in [4.69, 9.17) is 5.73 Å². The Morgan fingerprint density at radius 2 is 2.25 bits per heavy atom. The van der Waals surface area contributed by atoms with Crippen LogP contribution in [0.4, 0.5) is 5.13 Å². The molecular formula is C9H14N2S. The molecule has 0 spiro atoms. The van der Waals surface area contributed by atoms with Gasteiger partial charge in [-0.05, 0) is 25.8 Å². The Morgan fingerprint density at radius 1 is 1.50 bits per heavy atom. The van der Waals surface area contributed by atoms with Crippen LogP contribution in [0.15, 0.2) is 5.57 Å². The summed E-state index contributed by atoms with van der Waals surface area (Å²) in [6.07, 6.45) is 4.38. The summed E-state index contributed by atoms with van der Waals surface area (Å²) in [4.78, 5) is 5.49. The molecule has 2 nitrogen and oxygen atoms in total. The summed E-state index contributed by atoms with van der Waals surface area (Å²) in [5.74, 6) is 0. The molecule has 1 aliphatic carbocycles. The predicted molar refractivity (Wildman–Crippen MR) is 55.2 cm³/mol. The molecule has 0 aromatic carbocycles. The summed E-state index contributed by atoms with van der Waals surface area (Å²) in [5, 5.41) is 0.695. The summed E-state index contributed by atoms with van der Waals surface area (Å²) in [6.45, 7) is 2.15. The van der Waals surface area contributed by atoms with Gasteiger partial charge < -0.3 is 5.73 Å². The number of hydrogen-bond donors (Lipinski definition) is 1. The lowest BCUT2D eigenvalue weighted by atomic mass is 10.0. The third-order valence-electron chi connectivity index (χ3n) is 1.88. The van der Waals surface area contributed by atoms with Crippen LogP contribution in [0.5, 0.6) is 0 Å². The summed E-state index contributed by atoms with van der Waals surface area (Å²) >= 11 is 1.58. The first kappa shape index (κ1) is 9.26. The molecule has 1 aromatic heterocycles. The normalized spacial score (nSPS) is 14.6. The highest BCUT2D eigenvalue weighted by molar-refractivity contribution is 7.16. The summed E-state index contributed by atoms with van der Waals surface area (Å²) < 4.78 is 0. The fraction of sp³-hybridized carbons (Fsp3) is 0.444. The second kappa shape index (κ2) is 3.27. The molecule has 0 amide bonds. The van der Waals surface area contributed by atoms with Crippen LogP contribution in [0.3, 0.4) is 0 Å². The average molecular weight is 182 g/mol. The maximum Gasteiger partial charge on any atom is 0.180 e. The van der Waals surface area contributed by atoms with Gasteiger partial charge in [-0.15, -0.1) is 0 Å². The van der Waals surface area contributed by atoms with Crippen molar-refractivity contribution in [2.75, 3.05) is 5.73 Å². The number of aryl methyl sites for hydroxylation is 1. The van der Waals surface area contributed by atoms with Crippen LogP contribution in [-0.4, -0.2) is 4.98 Å². The lowest BCUT2D eigenvalue weighted by molar-refractivity contribution is 0.900. The molecule has 0 unspecified atom stereocenters. The third kappa shape index (κ3) is 1.50. The maximum absolute atomic E-state index is 5.58. The molecule has 2 N–H and O–H groups in total. The highest BCUT2D eigenvalue weighted by atomic mass is 32.1. The second-order valence-corrected chi connectivity index (χ2v) is 3.92. The van der Waals surface area contributed by atoms with Crippen molar-refractivity contribution < 1.29 is 0 Å². The van der Waals surface area contributed by atoms with E-state index in [2.05, 4.69) is 18.0 Å². The lowest BCUT2D eigenvalue weighted by Gasteiger charge is -2.06. The Bertz CT molecular complexity index is 312. The van der Waals surface area contributed by atoms with E-state index in [9.17, 15) is 0 Å². The van der Waals surface area contributed by atoms with Crippen LogP contribution in [0.2, 0.25) is 0 Å². The molecule has 0 saturated heterocycles. The number of aromatic nitrogens is 1. The topological polar surface area (TPSA) is 38.9 Å². The van der Waals surface area contributed by atoms with Crippen molar-refractivity contribution in [2.24, 2.45) is 0 Å². The minimum absolute atomic E-state index is 0. The van der Waals surface area contributed by atoms with Gasteiger partial charge in [-0.3, -0.25) is 0 Å². The number of thiazole rings is 1. The van der Waals surface area contributed by atoms with Crippen molar-refractivity contribution >= 4 is 22.5 Å². The van der Waals surface area contributed by atoms with Gasteiger partial charge in [-0.2, -0.15) is 0 Å². The Morgan fingerprint density at radius 3 is 3.00 bits per heavy atom. The SMILES string of the molecule is C.CC1=Cc2sc(N)nc2CC1. The molecule has 12 heavy (non-hydrogen) atoms. The van der Waals surface area contributed by atoms with Crippen molar-refractivity contribution in [2.45, 2.75) is 27.2 Å². The minimum atomic E-state index is 0. The van der Waals surface area contributed by atoms with Crippen molar-refractivity contribution in [3.63, 3.8) is 0 Å². The molecule has 0 saturated carbocycles. The molecule has 1 aliphatic rings. The first-order chi connectivity index (χ1) is 5.25. The number of allylic oxidation sites excluding steroid dienone is 1. The van der Waals surface area contributed by atoms with E-state index in [1.807, 2.05) is 0 Å². The van der Waals surface area contributed by atoms with E-state index in [-0.39, 0.29) is 7.43 Å². The number of nitrogen functional groups attached to an aromatic ring is 1. The smallest absolute Gasteiger partial charge is 0.180 e. The van der Waals surface area contributed by atoms with Crippen LogP contribution >= 0.6 is 11.3 Å². The van der Waals surface area contributed by atoms with Gasteiger partial charge in [0.15, 0.2) is 5.13 Å². The van der Waals surface area contributed by atoms with Crippen molar-refractivity contribution in [1.82, 2.24) is 4.98 Å². The van der Waals surface area contributed by atoms with Crippen LogP contribution in [0.25, 0.3) is 6.08 Å². The van der Waals surface area contributed by atoms with E-state index < -0.39 is 0 Å². The van der Waals surface area contributed by atoms with Gasteiger partial charge in [0.25, 0.3) is 0 Å². The van der Waals surface area contributed by atoms with E-state index in [0.29, 0.717) is 5.13 Å². The summed E-state index contributed by atoms with van der Waals surface area (Å²) in [7, 11) is 0. The molecule has 1 heterocycles. The number of rotatable bonds is 0. The summed E-state index contributed by atoms with van der Waals surface area (Å²) in [5.41, 5.74) is 8.19. The van der Waals surface area contributed by atoms with Gasteiger partial charge in [0.1, 0.15) is 0 Å². The van der Waals surface area contributed by atoms with Gasteiger partial charge >= 0.3 is 0 Å². The van der Waals surface area contributed by atoms with E-state index in [1.165, 1.54) is 16.1 Å². The van der Waals surface area contributed by atoms with E-state index >= 15 is 0 Å². The Labute approximate surface area is 77.1 Å². The number of hydrogen-bond acceptors (Lipinski definition) is 3. The Balaban J connectivity index is 0.000000720. The zero-order valence-electron chi connectivity index (χ0n) is 6.42.